The number of nitrogens with zero attached hydrogens (tertiary/aromatic N) is 1. The zero-order valence-electron chi connectivity index (χ0n) is 12.1. The van der Waals surface area contributed by atoms with Gasteiger partial charge in [-0.05, 0) is 33.2 Å². The van der Waals surface area contributed by atoms with Crippen LogP contribution < -0.4 is 11.1 Å². The molecule has 1 aromatic carbocycles. The molecule has 0 fully saturated rings. The van der Waals surface area contributed by atoms with Crippen LogP contribution in [0.2, 0.25) is 0 Å². The fourth-order valence-corrected chi connectivity index (χ4v) is 2.24. The molecule has 0 aromatic heterocycles. The van der Waals surface area contributed by atoms with Crippen LogP contribution >= 0.6 is 11.8 Å². The first-order valence-electron chi connectivity index (χ1n) is 6.36. The standard InChI is InChI=1S/C14H21N3O2S/c1-10(17(2)3)8-16-14(19)11-6-4-5-7-12(11)20-9-13(15)18/h4-7,10H,8-9H2,1-3H3,(H2,15,18)(H,16,19)/t10-/m1/s1. The van der Waals surface area contributed by atoms with Gasteiger partial charge < -0.3 is 16.0 Å². The lowest BCUT2D eigenvalue weighted by Crippen LogP contribution is -2.38. The largest absolute Gasteiger partial charge is 0.369 e. The summed E-state index contributed by atoms with van der Waals surface area (Å²) in [4.78, 5) is 25.8. The Bertz CT molecular complexity index is 477. The number of carbonyl (C=O) groups excluding carboxylic acids is 2. The number of thioether (sulfide) groups is 1. The quantitative estimate of drug-likeness (QED) is 0.734. The lowest BCUT2D eigenvalue weighted by atomic mass is 10.2. The van der Waals surface area contributed by atoms with Gasteiger partial charge >= 0.3 is 0 Å². The van der Waals surface area contributed by atoms with Crippen LogP contribution in [0.25, 0.3) is 0 Å². The van der Waals surface area contributed by atoms with Gasteiger partial charge in [-0.1, -0.05) is 12.1 Å². The average Bonchev–Trinajstić information content (AvgIpc) is 2.42. The zero-order chi connectivity index (χ0) is 15.1. The van der Waals surface area contributed by atoms with Gasteiger partial charge in [0, 0.05) is 17.5 Å². The average molecular weight is 295 g/mol. The van der Waals surface area contributed by atoms with E-state index < -0.39 is 5.91 Å². The van der Waals surface area contributed by atoms with Crippen LogP contribution in [0.3, 0.4) is 0 Å². The molecule has 6 heteroatoms. The van der Waals surface area contributed by atoms with Gasteiger partial charge in [0.05, 0.1) is 11.3 Å². The van der Waals surface area contributed by atoms with E-state index in [9.17, 15) is 9.59 Å². The molecule has 3 N–H and O–H groups in total. The summed E-state index contributed by atoms with van der Waals surface area (Å²) in [5.41, 5.74) is 5.71. The molecule has 0 aliphatic rings. The summed E-state index contributed by atoms with van der Waals surface area (Å²) in [6, 6.07) is 7.46. The van der Waals surface area contributed by atoms with Crippen molar-refractivity contribution in [3.8, 4) is 0 Å². The van der Waals surface area contributed by atoms with Crippen molar-refractivity contribution < 1.29 is 9.59 Å². The molecular weight excluding hydrogens is 274 g/mol. The maximum Gasteiger partial charge on any atom is 0.252 e. The molecule has 2 amide bonds. The van der Waals surface area contributed by atoms with E-state index in [0.717, 1.165) is 4.90 Å². The minimum absolute atomic E-state index is 0.133. The van der Waals surface area contributed by atoms with Crippen molar-refractivity contribution in [3.63, 3.8) is 0 Å². The van der Waals surface area contributed by atoms with E-state index in [-0.39, 0.29) is 17.7 Å². The van der Waals surface area contributed by atoms with Gasteiger partial charge in [-0.15, -0.1) is 11.8 Å². The minimum Gasteiger partial charge on any atom is -0.369 e. The van der Waals surface area contributed by atoms with E-state index in [4.69, 9.17) is 5.73 Å². The Morgan fingerprint density at radius 2 is 2.00 bits per heavy atom. The summed E-state index contributed by atoms with van der Waals surface area (Å²) < 4.78 is 0. The van der Waals surface area contributed by atoms with Crippen LogP contribution in [0, 0.1) is 0 Å². The Morgan fingerprint density at radius 1 is 1.35 bits per heavy atom. The maximum absolute atomic E-state index is 12.2. The zero-order valence-corrected chi connectivity index (χ0v) is 12.9. The smallest absolute Gasteiger partial charge is 0.252 e. The second-order valence-corrected chi connectivity index (χ2v) is 5.79. The lowest BCUT2D eigenvalue weighted by molar-refractivity contribution is -0.115. The summed E-state index contributed by atoms with van der Waals surface area (Å²) >= 11 is 1.28. The molecule has 0 bridgehead atoms. The van der Waals surface area contributed by atoms with Crippen LogP contribution in [0.4, 0.5) is 0 Å². The summed E-state index contributed by atoms with van der Waals surface area (Å²) in [5, 5.41) is 2.90. The summed E-state index contributed by atoms with van der Waals surface area (Å²) in [5.74, 6) is -0.365. The molecule has 0 radical (unpaired) electrons. The molecule has 0 aliphatic carbocycles. The van der Waals surface area contributed by atoms with Gasteiger partial charge in [0.25, 0.3) is 5.91 Å². The predicted octanol–water partition coefficient (Wildman–Crippen LogP) is 0.944. The molecule has 1 rings (SSSR count). The third-order valence-corrected chi connectivity index (χ3v) is 4.04. The van der Waals surface area contributed by atoms with E-state index in [2.05, 4.69) is 5.32 Å². The van der Waals surface area contributed by atoms with Crippen LogP contribution in [-0.2, 0) is 4.79 Å². The highest BCUT2D eigenvalue weighted by Crippen LogP contribution is 2.22. The molecule has 0 saturated heterocycles. The number of nitrogens with one attached hydrogen (secondary N) is 1. The van der Waals surface area contributed by atoms with E-state index in [1.807, 2.05) is 38.1 Å². The Balaban J connectivity index is 2.69. The minimum atomic E-state index is -0.397. The Hall–Kier alpha value is -1.53. The molecule has 5 nitrogen and oxygen atoms in total. The molecule has 0 heterocycles. The molecule has 1 aromatic rings. The van der Waals surface area contributed by atoms with Crippen molar-refractivity contribution in [2.75, 3.05) is 26.4 Å². The fourth-order valence-electron chi connectivity index (χ4n) is 1.45. The monoisotopic (exact) mass is 295 g/mol. The topological polar surface area (TPSA) is 75.4 Å². The highest BCUT2D eigenvalue weighted by Gasteiger charge is 2.13. The fraction of sp³-hybridized carbons (Fsp3) is 0.429. The van der Waals surface area contributed by atoms with Crippen LogP contribution in [0.1, 0.15) is 17.3 Å². The Morgan fingerprint density at radius 3 is 2.60 bits per heavy atom. The second-order valence-electron chi connectivity index (χ2n) is 4.77. The highest BCUT2D eigenvalue weighted by molar-refractivity contribution is 8.00. The number of benzene rings is 1. The van der Waals surface area contributed by atoms with E-state index in [0.29, 0.717) is 12.1 Å². The highest BCUT2D eigenvalue weighted by atomic mass is 32.2. The van der Waals surface area contributed by atoms with Crippen molar-refractivity contribution in [1.82, 2.24) is 10.2 Å². The molecule has 0 unspecified atom stereocenters. The van der Waals surface area contributed by atoms with Crippen molar-refractivity contribution in [1.29, 1.82) is 0 Å². The number of nitrogens with two attached hydrogens (primary N) is 1. The number of hydrogen-bond acceptors (Lipinski definition) is 4. The molecular formula is C14H21N3O2S. The van der Waals surface area contributed by atoms with Gasteiger partial charge in [0.15, 0.2) is 0 Å². The van der Waals surface area contributed by atoms with Gasteiger partial charge in [0.1, 0.15) is 0 Å². The number of rotatable bonds is 7. The van der Waals surface area contributed by atoms with Crippen LogP contribution in [-0.4, -0.2) is 49.1 Å². The van der Waals surface area contributed by atoms with Crippen molar-refractivity contribution in [2.45, 2.75) is 17.9 Å². The molecule has 1 atom stereocenters. The number of amides is 2. The normalized spacial score (nSPS) is 12.2. The molecule has 20 heavy (non-hydrogen) atoms. The van der Waals surface area contributed by atoms with Crippen molar-refractivity contribution in [2.24, 2.45) is 5.73 Å². The molecule has 110 valence electrons. The molecule has 0 saturated carbocycles. The van der Waals surface area contributed by atoms with Gasteiger partial charge in [-0.3, -0.25) is 9.59 Å². The number of carbonyl (C=O) groups is 2. The van der Waals surface area contributed by atoms with Crippen LogP contribution in [0.5, 0.6) is 0 Å². The van der Waals surface area contributed by atoms with Gasteiger partial charge in [-0.25, -0.2) is 0 Å². The van der Waals surface area contributed by atoms with E-state index in [1.165, 1.54) is 11.8 Å². The van der Waals surface area contributed by atoms with E-state index >= 15 is 0 Å². The first kappa shape index (κ1) is 16.5. The van der Waals surface area contributed by atoms with Crippen molar-refractivity contribution >= 4 is 23.6 Å². The second kappa shape index (κ2) is 7.91. The third-order valence-electron chi connectivity index (χ3n) is 2.94. The van der Waals surface area contributed by atoms with E-state index in [1.54, 1.807) is 12.1 Å². The van der Waals surface area contributed by atoms with Crippen molar-refractivity contribution in [3.05, 3.63) is 29.8 Å². The molecule has 0 spiro atoms. The summed E-state index contributed by atoms with van der Waals surface area (Å²) in [7, 11) is 3.93. The van der Waals surface area contributed by atoms with Gasteiger partial charge in [0.2, 0.25) is 5.91 Å². The predicted molar refractivity (Wildman–Crippen MR) is 81.8 cm³/mol. The third kappa shape index (κ3) is 5.22. The van der Waals surface area contributed by atoms with Gasteiger partial charge in [-0.2, -0.15) is 0 Å². The lowest BCUT2D eigenvalue weighted by Gasteiger charge is -2.20. The number of hydrogen-bond donors (Lipinski definition) is 2. The molecule has 0 aliphatic heterocycles. The SMILES string of the molecule is C[C@H](CNC(=O)c1ccccc1SCC(N)=O)N(C)C. The maximum atomic E-state index is 12.2. The van der Waals surface area contributed by atoms with Crippen LogP contribution in [0.15, 0.2) is 29.2 Å². The Labute approximate surface area is 123 Å². The summed E-state index contributed by atoms with van der Waals surface area (Å²) in [6.07, 6.45) is 0. The first-order valence-corrected chi connectivity index (χ1v) is 7.35. The summed E-state index contributed by atoms with van der Waals surface area (Å²) in [6.45, 7) is 2.61. The number of primary amides is 1. The number of likely N-dealkylation sites (N-methyl/N-ethyl adjacent to an activating group) is 1. The Kier molecular flexibility index (Phi) is 6.54. The first-order chi connectivity index (χ1) is 9.41.